The minimum Gasteiger partial charge on any atom is -0.378 e. The first kappa shape index (κ1) is 15.9. The van der Waals surface area contributed by atoms with Crippen molar-refractivity contribution in [3.05, 3.63) is 0 Å². The number of thiol groups is 1. The Labute approximate surface area is 93.3 Å². The first-order valence-corrected chi connectivity index (χ1v) is 4.76. The lowest BCUT2D eigenvalue weighted by molar-refractivity contribution is -0.322. The summed E-state index contributed by atoms with van der Waals surface area (Å²) < 4.78 is 79.7. The Morgan fingerprint density at radius 1 is 0.875 bits per heavy atom. The van der Waals surface area contributed by atoms with Gasteiger partial charge in [-0.15, -0.1) is 0 Å². The highest BCUT2D eigenvalue weighted by Gasteiger charge is 2.57. The maximum absolute atomic E-state index is 11.9. The van der Waals surface area contributed by atoms with Crippen LogP contribution in [0.25, 0.3) is 0 Å². The third-order valence-electron chi connectivity index (χ3n) is 1.34. The molecule has 0 aliphatic carbocycles. The number of alkyl halides is 6. The van der Waals surface area contributed by atoms with E-state index >= 15 is 0 Å². The summed E-state index contributed by atoms with van der Waals surface area (Å²) in [4.78, 5) is 0. The first-order valence-electron chi connectivity index (χ1n) is 4.13. The van der Waals surface area contributed by atoms with Crippen LogP contribution in [0.2, 0.25) is 0 Å². The van der Waals surface area contributed by atoms with Crippen LogP contribution in [0.5, 0.6) is 0 Å². The van der Waals surface area contributed by atoms with Gasteiger partial charge in [-0.25, -0.2) is 0 Å². The average molecular weight is 272 g/mol. The lowest BCUT2D eigenvalue weighted by Crippen LogP contribution is -2.44. The van der Waals surface area contributed by atoms with E-state index in [1.807, 2.05) is 0 Å². The van der Waals surface area contributed by atoms with Crippen LogP contribution < -0.4 is 0 Å². The monoisotopic (exact) mass is 272 g/mol. The van der Waals surface area contributed by atoms with Crippen molar-refractivity contribution in [2.24, 2.45) is 0 Å². The Bertz CT molecular complexity index is 178. The third-order valence-corrected chi connectivity index (χ3v) is 1.52. The molecule has 0 aromatic heterocycles. The van der Waals surface area contributed by atoms with E-state index in [-0.39, 0.29) is 13.2 Å². The van der Waals surface area contributed by atoms with Gasteiger partial charge in [0.05, 0.1) is 19.8 Å². The second-order valence-electron chi connectivity index (χ2n) is 2.67. The molecule has 0 spiro atoms. The maximum Gasteiger partial charge on any atom is 0.423 e. The van der Waals surface area contributed by atoms with Crippen molar-refractivity contribution in [1.29, 1.82) is 0 Å². The highest BCUT2D eigenvalue weighted by Crippen LogP contribution is 2.35. The van der Waals surface area contributed by atoms with E-state index in [1.165, 1.54) is 0 Å². The Morgan fingerprint density at radius 2 is 1.38 bits per heavy atom. The van der Waals surface area contributed by atoms with Crippen LogP contribution in [0, 0.1) is 0 Å². The Morgan fingerprint density at radius 3 is 1.75 bits per heavy atom. The van der Waals surface area contributed by atoms with Crippen LogP contribution in [0.1, 0.15) is 0 Å². The van der Waals surface area contributed by atoms with Crippen LogP contribution in [0.4, 0.5) is 26.3 Å². The molecule has 0 unspecified atom stereocenters. The van der Waals surface area contributed by atoms with Gasteiger partial charge in [-0.2, -0.15) is 39.0 Å². The molecule has 0 aromatic carbocycles. The minimum atomic E-state index is -5.47. The van der Waals surface area contributed by atoms with Crippen molar-refractivity contribution in [2.75, 3.05) is 25.6 Å². The van der Waals surface area contributed by atoms with Crippen LogP contribution >= 0.6 is 12.6 Å². The molecule has 0 atom stereocenters. The molecular formula is C7H10F6O2S. The van der Waals surface area contributed by atoms with Crippen molar-refractivity contribution >= 4 is 12.6 Å². The molecule has 0 heterocycles. The second kappa shape index (κ2) is 6.55. The fourth-order valence-corrected chi connectivity index (χ4v) is 0.895. The number of halogens is 6. The van der Waals surface area contributed by atoms with E-state index in [2.05, 4.69) is 22.1 Å². The fraction of sp³-hybridized carbons (Fsp3) is 1.00. The highest BCUT2D eigenvalue weighted by atomic mass is 32.1. The van der Waals surface area contributed by atoms with Gasteiger partial charge in [-0.1, -0.05) is 0 Å². The van der Waals surface area contributed by atoms with Gasteiger partial charge in [0, 0.05) is 5.75 Å². The highest BCUT2D eigenvalue weighted by molar-refractivity contribution is 7.80. The summed E-state index contributed by atoms with van der Waals surface area (Å²) in [5.41, 5.74) is 0. The van der Waals surface area contributed by atoms with E-state index < -0.39 is 25.1 Å². The van der Waals surface area contributed by atoms with Crippen molar-refractivity contribution in [2.45, 2.75) is 18.5 Å². The third kappa shape index (κ3) is 6.44. The van der Waals surface area contributed by atoms with E-state index in [4.69, 9.17) is 0 Å². The standard InChI is InChI=1S/C7H10F6O2S/c8-6(9,10)5(7(11,12)13)15-2-1-14-3-4-16/h5,16H,1-4H2. The van der Waals surface area contributed by atoms with Gasteiger partial charge < -0.3 is 9.47 Å². The van der Waals surface area contributed by atoms with E-state index in [9.17, 15) is 26.3 Å². The molecule has 9 heteroatoms. The van der Waals surface area contributed by atoms with Gasteiger partial charge in [-0.3, -0.25) is 0 Å². The van der Waals surface area contributed by atoms with Crippen molar-refractivity contribution in [3.8, 4) is 0 Å². The molecule has 0 fully saturated rings. The zero-order valence-electron chi connectivity index (χ0n) is 7.94. The van der Waals surface area contributed by atoms with Crippen LogP contribution in [-0.2, 0) is 9.47 Å². The zero-order chi connectivity index (χ0) is 12.8. The smallest absolute Gasteiger partial charge is 0.378 e. The van der Waals surface area contributed by atoms with E-state index in [0.29, 0.717) is 5.75 Å². The topological polar surface area (TPSA) is 18.5 Å². The van der Waals surface area contributed by atoms with Crippen molar-refractivity contribution in [3.63, 3.8) is 0 Å². The predicted octanol–water partition coefficient (Wildman–Crippen LogP) is 2.44. The summed E-state index contributed by atoms with van der Waals surface area (Å²) in [6.45, 7) is -0.990. The summed E-state index contributed by atoms with van der Waals surface area (Å²) in [5.74, 6) is 0.321. The summed E-state index contributed by atoms with van der Waals surface area (Å²) >= 11 is 3.73. The molecule has 0 bridgehead atoms. The van der Waals surface area contributed by atoms with Gasteiger partial charge in [0.25, 0.3) is 0 Å². The molecule has 0 amide bonds. The van der Waals surface area contributed by atoms with Gasteiger partial charge >= 0.3 is 12.4 Å². The summed E-state index contributed by atoms with van der Waals surface area (Å²) in [5, 5.41) is 0. The molecule has 0 aromatic rings. The molecule has 0 radical (unpaired) electrons. The molecule has 0 saturated heterocycles. The van der Waals surface area contributed by atoms with Gasteiger partial charge in [-0.05, 0) is 0 Å². The van der Waals surface area contributed by atoms with Crippen LogP contribution in [0.15, 0.2) is 0 Å². The molecule has 2 nitrogen and oxygen atoms in total. The van der Waals surface area contributed by atoms with Crippen molar-refractivity contribution < 1.29 is 35.8 Å². The first-order chi connectivity index (χ1) is 7.19. The maximum atomic E-state index is 11.9. The lowest BCUT2D eigenvalue weighted by atomic mass is 10.3. The zero-order valence-corrected chi connectivity index (χ0v) is 8.83. The normalized spacial score (nSPS) is 13.5. The molecule has 0 saturated carbocycles. The van der Waals surface area contributed by atoms with Crippen LogP contribution in [-0.4, -0.2) is 44.0 Å². The Balaban J connectivity index is 4.06. The minimum absolute atomic E-state index is 0.134. The van der Waals surface area contributed by atoms with Crippen molar-refractivity contribution in [1.82, 2.24) is 0 Å². The lowest BCUT2D eigenvalue weighted by Gasteiger charge is -2.22. The average Bonchev–Trinajstić information content (AvgIpc) is 2.06. The molecule has 0 aliphatic heterocycles. The predicted molar refractivity (Wildman–Crippen MR) is 46.5 cm³/mol. The fourth-order valence-electron chi connectivity index (χ4n) is 0.766. The molecule has 0 N–H and O–H groups in total. The largest absolute Gasteiger partial charge is 0.423 e. The molecule has 0 rings (SSSR count). The Kier molecular flexibility index (Phi) is 6.49. The quantitative estimate of drug-likeness (QED) is 0.455. The van der Waals surface area contributed by atoms with E-state index in [1.54, 1.807) is 0 Å². The summed E-state index contributed by atoms with van der Waals surface area (Å²) in [7, 11) is 0. The molecule has 0 aliphatic rings. The Hall–Kier alpha value is -0.150. The van der Waals surface area contributed by atoms with Crippen LogP contribution in [0.3, 0.4) is 0 Å². The number of hydrogen-bond donors (Lipinski definition) is 1. The molecule has 98 valence electrons. The molecule has 16 heavy (non-hydrogen) atoms. The summed E-state index contributed by atoms with van der Waals surface area (Å²) in [6, 6.07) is 0. The number of hydrogen-bond acceptors (Lipinski definition) is 3. The number of rotatable bonds is 6. The second-order valence-corrected chi connectivity index (χ2v) is 3.12. The van der Waals surface area contributed by atoms with Gasteiger partial charge in [0.15, 0.2) is 0 Å². The summed E-state index contributed by atoms with van der Waals surface area (Å²) in [6.07, 6.45) is -14.7. The molecular weight excluding hydrogens is 262 g/mol. The van der Waals surface area contributed by atoms with Gasteiger partial charge in [0.2, 0.25) is 6.10 Å². The van der Waals surface area contributed by atoms with Gasteiger partial charge in [0.1, 0.15) is 0 Å². The SMILES string of the molecule is FC(F)(F)C(OCCOCCS)C(F)(F)F. The number of ether oxygens (including phenoxy) is 2. The van der Waals surface area contributed by atoms with E-state index in [0.717, 1.165) is 0 Å².